The molecule has 152 valence electrons. The van der Waals surface area contributed by atoms with Crippen molar-refractivity contribution in [3.8, 4) is 28.6 Å². The third-order valence-corrected chi connectivity index (χ3v) is 4.81. The van der Waals surface area contributed by atoms with Crippen molar-refractivity contribution in [1.29, 1.82) is 0 Å². The number of ether oxygens (including phenoxy) is 2. The first-order valence-electron chi connectivity index (χ1n) is 9.80. The molecule has 4 rings (SSSR count). The number of para-hydroxylation sites is 1. The van der Waals surface area contributed by atoms with Crippen molar-refractivity contribution >= 4 is 5.95 Å². The zero-order valence-corrected chi connectivity index (χ0v) is 17.1. The summed E-state index contributed by atoms with van der Waals surface area (Å²) in [6.07, 6.45) is 0.863. The first kappa shape index (κ1) is 19.5. The molecule has 0 aliphatic heterocycles. The van der Waals surface area contributed by atoms with Gasteiger partial charge in [0.1, 0.15) is 11.5 Å². The largest absolute Gasteiger partial charge is 0.497 e. The topological polar surface area (TPSA) is 61.2 Å². The van der Waals surface area contributed by atoms with Gasteiger partial charge in [-0.25, -0.2) is 4.68 Å². The fraction of sp³-hybridized carbons (Fsp3) is 0.167. The van der Waals surface area contributed by atoms with Crippen molar-refractivity contribution in [1.82, 2.24) is 14.8 Å². The number of methoxy groups -OCH3 is 2. The Morgan fingerprint density at radius 3 is 2.07 bits per heavy atom. The summed E-state index contributed by atoms with van der Waals surface area (Å²) < 4.78 is 12.3. The van der Waals surface area contributed by atoms with Crippen LogP contribution in [0.3, 0.4) is 0 Å². The molecule has 0 saturated carbocycles. The van der Waals surface area contributed by atoms with Gasteiger partial charge in [0.15, 0.2) is 5.82 Å². The van der Waals surface area contributed by atoms with Crippen LogP contribution < -0.4 is 14.8 Å². The number of hydrogen-bond donors (Lipinski definition) is 1. The lowest BCUT2D eigenvalue weighted by molar-refractivity contribution is 0.414. The zero-order valence-electron chi connectivity index (χ0n) is 17.1. The van der Waals surface area contributed by atoms with Crippen LogP contribution in [0.4, 0.5) is 5.95 Å². The summed E-state index contributed by atoms with van der Waals surface area (Å²) in [5, 5.41) is 8.05. The van der Waals surface area contributed by atoms with E-state index in [1.165, 1.54) is 5.56 Å². The van der Waals surface area contributed by atoms with Gasteiger partial charge in [0.05, 0.1) is 19.9 Å². The number of benzene rings is 3. The van der Waals surface area contributed by atoms with Gasteiger partial charge in [-0.2, -0.15) is 4.98 Å². The Labute approximate surface area is 176 Å². The number of nitrogens with zero attached hydrogens (tertiary/aromatic N) is 3. The van der Waals surface area contributed by atoms with E-state index in [0.29, 0.717) is 5.95 Å². The molecule has 6 nitrogen and oxygen atoms in total. The minimum Gasteiger partial charge on any atom is -0.497 e. The fourth-order valence-electron chi connectivity index (χ4n) is 3.17. The van der Waals surface area contributed by atoms with Crippen LogP contribution in [0.15, 0.2) is 78.9 Å². The maximum atomic E-state index is 5.27. The minimum atomic E-state index is 0.596. The second-order valence-corrected chi connectivity index (χ2v) is 6.76. The van der Waals surface area contributed by atoms with Gasteiger partial charge in [-0.1, -0.05) is 30.3 Å². The van der Waals surface area contributed by atoms with Gasteiger partial charge in [-0.05, 0) is 60.5 Å². The van der Waals surface area contributed by atoms with Crippen molar-refractivity contribution in [3.05, 3.63) is 84.4 Å². The van der Waals surface area contributed by atoms with Crippen LogP contribution in [-0.2, 0) is 6.42 Å². The highest BCUT2D eigenvalue weighted by Gasteiger charge is 2.13. The molecule has 4 aromatic rings. The van der Waals surface area contributed by atoms with E-state index in [1.54, 1.807) is 14.2 Å². The molecule has 0 unspecified atom stereocenters. The minimum absolute atomic E-state index is 0.596. The third kappa shape index (κ3) is 4.43. The highest BCUT2D eigenvalue weighted by atomic mass is 16.5. The van der Waals surface area contributed by atoms with Crippen molar-refractivity contribution in [2.24, 2.45) is 0 Å². The second kappa shape index (κ2) is 9.13. The van der Waals surface area contributed by atoms with Crippen LogP contribution in [0.1, 0.15) is 5.56 Å². The van der Waals surface area contributed by atoms with E-state index < -0.39 is 0 Å². The SMILES string of the molecule is COc1ccc(CCNc2nc(-c3ccc(OC)cc3)n(-c3ccccc3)n2)cc1. The summed E-state index contributed by atoms with van der Waals surface area (Å²) in [4.78, 5) is 4.75. The van der Waals surface area contributed by atoms with Gasteiger partial charge in [0.2, 0.25) is 5.95 Å². The molecule has 0 saturated heterocycles. The van der Waals surface area contributed by atoms with Crippen molar-refractivity contribution in [2.45, 2.75) is 6.42 Å². The molecule has 6 heteroatoms. The number of aromatic nitrogens is 3. The van der Waals surface area contributed by atoms with Crippen LogP contribution in [0.5, 0.6) is 11.5 Å². The van der Waals surface area contributed by atoms with E-state index in [4.69, 9.17) is 19.6 Å². The highest BCUT2D eigenvalue weighted by Crippen LogP contribution is 2.25. The van der Waals surface area contributed by atoms with Gasteiger partial charge >= 0.3 is 0 Å². The van der Waals surface area contributed by atoms with E-state index in [-0.39, 0.29) is 0 Å². The van der Waals surface area contributed by atoms with Crippen LogP contribution in [-0.4, -0.2) is 35.5 Å². The number of nitrogens with one attached hydrogen (secondary N) is 1. The number of rotatable bonds is 8. The highest BCUT2D eigenvalue weighted by molar-refractivity contribution is 5.60. The molecule has 0 aliphatic rings. The summed E-state index contributed by atoms with van der Waals surface area (Å²) in [5.74, 6) is 3.04. The van der Waals surface area contributed by atoms with Crippen LogP contribution in [0, 0.1) is 0 Å². The molecule has 0 fully saturated rings. The Morgan fingerprint density at radius 1 is 0.800 bits per heavy atom. The van der Waals surface area contributed by atoms with Gasteiger partial charge in [-0.3, -0.25) is 0 Å². The lowest BCUT2D eigenvalue weighted by Crippen LogP contribution is -2.06. The van der Waals surface area contributed by atoms with E-state index in [1.807, 2.05) is 71.4 Å². The molecule has 0 radical (unpaired) electrons. The van der Waals surface area contributed by atoms with E-state index in [2.05, 4.69) is 17.4 Å². The Balaban J connectivity index is 1.55. The number of hydrogen-bond acceptors (Lipinski definition) is 5. The standard InChI is InChI=1S/C24H24N4O2/c1-29-21-12-8-18(9-13-21)16-17-25-24-26-23(19-10-14-22(30-2)15-11-19)28(27-24)20-6-4-3-5-7-20/h3-15H,16-17H2,1-2H3,(H,25,27). The van der Waals surface area contributed by atoms with Crippen molar-refractivity contribution in [2.75, 3.05) is 26.1 Å². The molecule has 0 spiro atoms. The van der Waals surface area contributed by atoms with E-state index >= 15 is 0 Å². The normalized spacial score (nSPS) is 10.6. The summed E-state index contributed by atoms with van der Waals surface area (Å²) in [6, 6.07) is 25.9. The monoisotopic (exact) mass is 400 g/mol. The molecule has 1 aromatic heterocycles. The summed E-state index contributed by atoms with van der Waals surface area (Å²) >= 11 is 0. The van der Waals surface area contributed by atoms with Crippen LogP contribution >= 0.6 is 0 Å². The van der Waals surface area contributed by atoms with Crippen LogP contribution in [0.2, 0.25) is 0 Å². The summed E-state index contributed by atoms with van der Waals surface area (Å²) in [6.45, 7) is 0.729. The fourth-order valence-corrected chi connectivity index (χ4v) is 3.17. The molecule has 1 heterocycles. The van der Waals surface area contributed by atoms with Gasteiger partial charge in [-0.15, -0.1) is 5.10 Å². The maximum Gasteiger partial charge on any atom is 0.243 e. The zero-order chi connectivity index (χ0) is 20.8. The average molecular weight is 400 g/mol. The van der Waals surface area contributed by atoms with Crippen molar-refractivity contribution < 1.29 is 9.47 Å². The smallest absolute Gasteiger partial charge is 0.243 e. The van der Waals surface area contributed by atoms with E-state index in [9.17, 15) is 0 Å². The molecular weight excluding hydrogens is 376 g/mol. The predicted molar refractivity (Wildman–Crippen MR) is 119 cm³/mol. The maximum absolute atomic E-state index is 5.27. The molecular formula is C24H24N4O2. The Morgan fingerprint density at radius 2 is 1.43 bits per heavy atom. The molecule has 0 atom stereocenters. The molecule has 1 N–H and O–H groups in total. The number of anilines is 1. The van der Waals surface area contributed by atoms with Gasteiger partial charge in [0, 0.05) is 12.1 Å². The first-order chi connectivity index (χ1) is 14.8. The van der Waals surface area contributed by atoms with Gasteiger partial charge < -0.3 is 14.8 Å². The molecule has 3 aromatic carbocycles. The molecule has 30 heavy (non-hydrogen) atoms. The molecule has 0 bridgehead atoms. The quantitative estimate of drug-likeness (QED) is 0.468. The second-order valence-electron chi connectivity index (χ2n) is 6.76. The summed E-state index contributed by atoms with van der Waals surface area (Å²) in [7, 11) is 3.33. The van der Waals surface area contributed by atoms with Gasteiger partial charge in [0.25, 0.3) is 0 Å². The predicted octanol–water partition coefficient (Wildman–Crippen LogP) is 4.61. The lowest BCUT2D eigenvalue weighted by Gasteiger charge is -2.06. The van der Waals surface area contributed by atoms with Crippen LogP contribution in [0.25, 0.3) is 17.1 Å². The Kier molecular flexibility index (Phi) is 5.94. The first-order valence-corrected chi connectivity index (χ1v) is 9.80. The summed E-state index contributed by atoms with van der Waals surface area (Å²) in [5.41, 5.74) is 3.15. The Bertz CT molecular complexity index is 1070. The molecule has 0 amide bonds. The Hall–Kier alpha value is -3.80. The third-order valence-electron chi connectivity index (χ3n) is 4.81. The van der Waals surface area contributed by atoms with E-state index in [0.717, 1.165) is 41.5 Å². The van der Waals surface area contributed by atoms with Crippen molar-refractivity contribution in [3.63, 3.8) is 0 Å². The average Bonchev–Trinajstić information content (AvgIpc) is 3.24. The molecule has 0 aliphatic carbocycles. The lowest BCUT2D eigenvalue weighted by atomic mass is 10.1.